The van der Waals surface area contributed by atoms with E-state index in [-0.39, 0.29) is 5.56 Å². The number of para-hydroxylation sites is 2. The molecule has 4 heterocycles. The van der Waals surface area contributed by atoms with Crippen molar-refractivity contribution in [2.45, 2.75) is 13.2 Å². The summed E-state index contributed by atoms with van der Waals surface area (Å²) >= 11 is 5.78. The lowest BCUT2D eigenvalue weighted by Gasteiger charge is -2.34. The first kappa shape index (κ1) is 21.2. The van der Waals surface area contributed by atoms with Crippen molar-refractivity contribution in [2.24, 2.45) is 7.05 Å². The van der Waals surface area contributed by atoms with Crippen LogP contribution < -0.4 is 5.56 Å². The van der Waals surface area contributed by atoms with Crippen molar-refractivity contribution in [1.29, 1.82) is 0 Å². The fourth-order valence-corrected chi connectivity index (χ4v) is 5.13. The Morgan fingerprint density at radius 3 is 2.56 bits per heavy atom. The number of fused-ring (bicyclic) bond motifs is 4. The molecule has 0 saturated carbocycles. The Hall–Kier alpha value is -3.40. The fourth-order valence-electron chi connectivity index (χ4n) is 4.85. The number of benzene rings is 2. The molecule has 0 unspecified atom stereocenters. The van der Waals surface area contributed by atoms with E-state index in [1.54, 1.807) is 11.6 Å². The molecule has 1 fully saturated rings. The quantitative estimate of drug-likeness (QED) is 0.376. The van der Waals surface area contributed by atoms with Gasteiger partial charge in [0.05, 0.1) is 23.1 Å². The van der Waals surface area contributed by atoms with Crippen LogP contribution >= 0.6 is 12.2 Å². The molecule has 172 valence electrons. The standard InChI is InChI=1S/C25H25N7OS/c1-28-23(33)20-9-2-3-10-21(20)32-24(28)27-31(25(32)34)17-30-14-12-29(13-15-30)16-19-7-4-6-18-8-5-11-26-22(18)19/h2-11H,12-17H2,1H3. The molecule has 34 heavy (non-hydrogen) atoms. The van der Waals surface area contributed by atoms with Crippen LogP contribution in [0, 0.1) is 4.77 Å². The Morgan fingerprint density at radius 2 is 1.71 bits per heavy atom. The first-order valence-corrected chi connectivity index (χ1v) is 11.9. The summed E-state index contributed by atoms with van der Waals surface area (Å²) in [5.41, 5.74) is 3.08. The van der Waals surface area contributed by atoms with Crippen molar-refractivity contribution in [3.63, 3.8) is 0 Å². The highest BCUT2D eigenvalue weighted by Crippen LogP contribution is 2.19. The van der Waals surface area contributed by atoms with Crippen molar-refractivity contribution in [1.82, 2.24) is 33.5 Å². The second-order valence-electron chi connectivity index (χ2n) is 8.83. The molecule has 1 saturated heterocycles. The first-order chi connectivity index (χ1) is 16.6. The Labute approximate surface area is 201 Å². The van der Waals surface area contributed by atoms with Gasteiger partial charge in [-0.2, -0.15) is 0 Å². The van der Waals surface area contributed by atoms with Crippen LogP contribution in [0.4, 0.5) is 0 Å². The monoisotopic (exact) mass is 471 g/mol. The van der Waals surface area contributed by atoms with Crippen molar-refractivity contribution < 1.29 is 0 Å². The predicted molar refractivity (Wildman–Crippen MR) is 135 cm³/mol. The average molecular weight is 472 g/mol. The molecule has 8 nitrogen and oxygen atoms in total. The van der Waals surface area contributed by atoms with Gasteiger partial charge in [0, 0.05) is 51.4 Å². The third-order valence-corrected chi connectivity index (χ3v) is 7.10. The molecular formula is C25H25N7OS. The molecule has 2 aromatic carbocycles. The molecule has 1 aliphatic rings. The summed E-state index contributed by atoms with van der Waals surface area (Å²) < 4.78 is 5.91. The van der Waals surface area contributed by atoms with E-state index in [0.717, 1.165) is 43.8 Å². The number of hydrogen-bond donors (Lipinski definition) is 0. The van der Waals surface area contributed by atoms with Crippen LogP contribution in [-0.4, -0.2) is 59.7 Å². The highest BCUT2D eigenvalue weighted by atomic mass is 32.1. The van der Waals surface area contributed by atoms with Gasteiger partial charge in [0.25, 0.3) is 5.56 Å². The highest BCUT2D eigenvalue weighted by molar-refractivity contribution is 7.71. The van der Waals surface area contributed by atoms with E-state index in [9.17, 15) is 4.79 Å². The number of aromatic nitrogens is 5. The summed E-state index contributed by atoms with van der Waals surface area (Å²) in [7, 11) is 1.75. The third-order valence-electron chi connectivity index (χ3n) is 6.71. The summed E-state index contributed by atoms with van der Waals surface area (Å²) in [6.45, 7) is 5.27. The average Bonchev–Trinajstić information content (AvgIpc) is 3.20. The Balaban J connectivity index is 1.21. The normalized spacial score (nSPS) is 15.6. The topological polar surface area (TPSA) is 63.6 Å². The van der Waals surface area contributed by atoms with E-state index >= 15 is 0 Å². The summed E-state index contributed by atoms with van der Waals surface area (Å²) in [6, 6.07) is 18.0. The zero-order valence-corrected chi connectivity index (χ0v) is 19.8. The molecule has 9 heteroatoms. The molecule has 0 atom stereocenters. The van der Waals surface area contributed by atoms with Crippen LogP contribution in [-0.2, 0) is 20.3 Å². The van der Waals surface area contributed by atoms with Crippen molar-refractivity contribution in [3.8, 4) is 0 Å². The molecule has 3 aromatic heterocycles. The van der Waals surface area contributed by atoms with Crippen LogP contribution in [0.5, 0.6) is 0 Å². The number of hydrogen-bond acceptors (Lipinski definition) is 6. The lowest BCUT2D eigenvalue weighted by Crippen LogP contribution is -2.46. The third kappa shape index (κ3) is 3.53. The van der Waals surface area contributed by atoms with Crippen molar-refractivity contribution >= 4 is 39.8 Å². The van der Waals surface area contributed by atoms with Gasteiger partial charge in [-0.1, -0.05) is 36.4 Å². The molecule has 0 aliphatic carbocycles. The smallest absolute Gasteiger partial charge is 0.262 e. The molecule has 0 spiro atoms. The van der Waals surface area contributed by atoms with E-state index in [2.05, 4.69) is 39.0 Å². The number of piperazine rings is 1. The second kappa shape index (κ2) is 8.43. The number of pyridine rings is 1. The zero-order chi connectivity index (χ0) is 23.2. The van der Waals surface area contributed by atoms with E-state index in [1.165, 1.54) is 10.9 Å². The van der Waals surface area contributed by atoms with Gasteiger partial charge in [0.1, 0.15) is 0 Å². The minimum Gasteiger partial charge on any atom is -0.296 e. The maximum absolute atomic E-state index is 12.8. The van der Waals surface area contributed by atoms with Crippen LogP contribution in [0.1, 0.15) is 5.56 Å². The lowest BCUT2D eigenvalue weighted by atomic mass is 10.1. The minimum absolute atomic E-state index is 0.0632. The summed E-state index contributed by atoms with van der Waals surface area (Å²) in [5.74, 6) is 0.566. The van der Waals surface area contributed by atoms with Gasteiger partial charge < -0.3 is 0 Å². The number of rotatable bonds is 4. The van der Waals surface area contributed by atoms with Crippen molar-refractivity contribution in [3.05, 3.63) is 81.5 Å². The Bertz CT molecular complexity index is 1640. The second-order valence-corrected chi connectivity index (χ2v) is 9.19. The van der Waals surface area contributed by atoms with Gasteiger partial charge in [0.2, 0.25) is 10.5 Å². The molecule has 0 radical (unpaired) electrons. The van der Waals surface area contributed by atoms with Gasteiger partial charge in [-0.25, -0.2) is 4.68 Å². The van der Waals surface area contributed by atoms with Gasteiger partial charge in [-0.05, 0) is 36.0 Å². The van der Waals surface area contributed by atoms with E-state index < -0.39 is 0 Å². The van der Waals surface area contributed by atoms with Crippen LogP contribution in [0.3, 0.4) is 0 Å². The minimum atomic E-state index is -0.0632. The molecule has 1 aliphatic heterocycles. The van der Waals surface area contributed by atoms with E-state index in [0.29, 0.717) is 22.6 Å². The molecule has 0 amide bonds. The zero-order valence-electron chi connectivity index (χ0n) is 19.0. The molecule has 5 aromatic rings. The molecule has 0 bridgehead atoms. The van der Waals surface area contributed by atoms with Gasteiger partial charge >= 0.3 is 0 Å². The maximum atomic E-state index is 12.8. The Kier molecular flexibility index (Phi) is 5.24. The SMILES string of the molecule is Cn1c(=O)c2ccccc2n2c(=S)n(CN3CCN(Cc4cccc5cccnc45)CC3)nc12. The summed E-state index contributed by atoms with van der Waals surface area (Å²) in [5, 5.41) is 6.54. The van der Waals surface area contributed by atoms with E-state index in [1.807, 2.05) is 45.6 Å². The van der Waals surface area contributed by atoms with Crippen molar-refractivity contribution in [2.75, 3.05) is 26.2 Å². The van der Waals surface area contributed by atoms with Gasteiger partial charge in [-0.3, -0.25) is 28.5 Å². The van der Waals surface area contributed by atoms with Gasteiger partial charge in [0.15, 0.2) is 0 Å². The molecule has 0 N–H and O–H groups in total. The predicted octanol–water partition coefficient (Wildman–Crippen LogP) is 3.04. The maximum Gasteiger partial charge on any atom is 0.262 e. The molecule has 6 rings (SSSR count). The van der Waals surface area contributed by atoms with Crippen LogP contribution in [0.15, 0.2) is 65.6 Å². The summed E-state index contributed by atoms with van der Waals surface area (Å²) in [6.07, 6.45) is 1.86. The largest absolute Gasteiger partial charge is 0.296 e. The van der Waals surface area contributed by atoms with Crippen LogP contribution in [0.25, 0.3) is 27.6 Å². The number of aryl methyl sites for hydroxylation is 1. The Morgan fingerprint density at radius 1 is 0.941 bits per heavy atom. The first-order valence-electron chi connectivity index (χ1n) is 11.4. The highest BCUT2D eigenvalue weighted by Gasteiger charge is 2.20. The fraction of sp³-hybridized carbons (Fsp3) is 0.280. The van der Waals surface area contributed by atoms with Gasteiger partial charge in [-0.15, -0.1) is 5.10 Å². The lowest BCUT2D eigenvalue weighted by molar-refractivity contribution is 0.0985. The number of nitrogens with zero attached hydrogens (tertiary/aromatic N) is 7. The van der Waals surface area contributed by atoms with E-state index in [4.69, 9.17) is 17.3 Å². The molecular weight excluding hydrogens is 446 g/mol. The van der Waals surface area contributed by atoms with Crippen LogP contribution in [0.2, 0.25) is 0 Å². The summed E-state index contributed by atoms with van der Waals surface area (Å²) in [4.78, 5) is 22.2.